The van der Waals surface area contributed by atoms with Gasteiger partial charge in [0.05, 0.1) is 5.60 Å². The van der Waals surface area contributed by atoms with Gasteiger partial charge in [-0.25, -0.2) is 0 Å². The van der Waals surface area contributed by atoms with E-state index in [1.165, 1.54) is 12.1 Å². The highest BCUT2D eigenvalue weighted by Gasteiger charge is 2.38. The highest BCUT2D eigenvalue weighted by atomic mass is 19.4. The summed E-state index contributed by atoms with van der Waals surface area (Å²) in [6.07, 6.45) is -2.44. The molecular formula is C12H15F3N2O. The minimum Gasteiger partial charge on any atom is -0.389 e. The molecule has 18 heavy (non-hydrogen) atoms. The van der Waals surface area contributed by atoms with Crippen LogP contribution < -0.4 is 5.32 Å². The summed E-state index contributed by atoms with van der Waals surface area (Å²) in [4.78, 5) is 3.39. The second kappa shape index (κ2) is 4.85. The van der Waals surface area contributed by atoms with Crippen molar-refractivity contribution in [1.82, 2.24) is 10.3 Å². The molecule has 2 rings (SSSR count). The number of alkyl halides is 3. The number of pyridine rings is 1. The Kier molecular flexibility index (Phi) is 3.59. The highest BCUT2D eigenvalue weighted by molar-refractivity contribution is 5.24. The van der Waals surface area contributed by atoms with Crippen LogP contribution in [0.4, 0.5) is 13.2 Å². The Morgan fingerprint density at radius 3 is 2.61 bits per heavy atom. The number of piperidine rings is 1. The number of nitrogens with zero attached hydrogens (tertiary/aromatic N) is 1. The Hall–Kier alpha value is -1.14. The van der Waals surface area contributed by atoms with E-state index < -0.39 is 17.5 Å². The summed E-state index contributed by atoms with van der Waals surface area (Å²) < 4.78 is 38.3. The van der Waals surface area contributed by atoms with Gasteiger partial charge in [0, 0.05) is 12.6 Å². The van der Waals surface area contributed by atoms with Gasteiger partial charge in [-0.15, -0.1) is 0 Å². The van der Waals surface area contributed by atoms with E-state index in [0.29, 0.717) is 25.9 Å². The van der Waals surface area contributed by atoms with Crippen molar-refractivity contribution < 1.29 is 18.3 Å². The van der Waals surface area contributed by atoms with Crippen LogP contribution in [0.2, 0.25) is 0 Å². The van der Waals surface area contributed by atoms with Crippen molar-refractivity contribution in [2.75, 3.05) is 13.1 Å². The molecule has 0 unspecified atom stereocenters. The van der Waals surface area contributed by atoms with E-state index in [4.69, 9.17) is 0 Å². The smallest absolute Gasteiger partial charge is 0.389 e. The summed E-state index contributed by atoms with van der Waals surface area (Å²) in [5, 5.41) is 13.4. The molecule has 6 heteroatoms. The molecule has 0 aromatic carbocycles. The third-order valence-electron chi connectivity index (χ3n) is 3.21. The predicted molar refractivity (Wildman–Crippen MR) is 60.0 cm³/mol. The summed E-state index contributed by atoms with van der Waals surface area (Å²) >= 11 is 0. The molecule has 0 spiro atoms. The van der Waals surface area contributed by atoms with E-state index in [9.17, 15) is 18.3 Å². The minimum atomic E-state index is -4.47. The molecule has 1 saturated heterocycles. The van der Waals surface area contributed by atoms with E-state index in [0.717, 1.165) is 6.20 Å². The predicted octanol–water partition coefficient (Wildman–Crippen LogP) is 1.76. The number of aliphatic hydroxyl groups is 1. The van der Waals surface area contributed by atoms with Gasteiger partial charge in [-0.05, 0) is 37.6 Å². The molecule has 0 saturated carbocycles. The number of nitrogens with one attached hydrogen (secondary N) is 1. The van der Waals surface area contributed by atoms with Gasteiger partial charge in [0.25, 0.3) is 0 Å². The van der Waals surface area contributed by atoms with Gasteiger partial charge in [0.2, 0.25) is 0 Å². The molecule has 1 aliphatic heterocycles. The van der Waals surface area contributed by atoms with Crippen molar-refractivity contribution in [3.05, 3.63) is 29.6 Å². The van der Waals surface area contributed by atoms with Gasteiger partial charge in [-0.3, -0.25) is 4.98 Å². The van der Waals surface area contributed by atoms with Crippen molar-refractivity contribution in [2.24, 2.45) is 0 Å². The quantitative estimate of drug-likeness (QED) is 0.851. The number of rotatable bonds is 2. The lowest BCUT2D eigenvalue weighted by atomic mass is 9.85. The second-order valence-corrected chi connectivity index (χ2v) is 4.66. The first-order valence-corrected chi connectivity index (χ1v) is 5.85. The molecule has 0 atom stereocenters. The fourth-order valence-corrected chi connectivity index (χ4v) is 2.26. The van der Waals surface area contributed by atoms with Crippen LogP contribution in [0.25, 0.3) is 0 Å². The Morgan fingerprint density at radius 2 is 2.00 bits per heavy atom. The van der Waals surface area contributed by atoms with E-state index in [1.807, 2.05) is 0 Å². The average Bonchev–Trinajstić information content (AvgIpc) is 2.28. The van der Waals surface area contributed by atoms with Crippen LogP contribution in [-0.2, 0) is 12.6 Å². The third-order valence-corrected chi connectivity index (χ3v) is 3.21. The molecule has 1 aromatic rings. The molecule has 0 aliphatic carbocycles. The topological polar surface area (TPSA) is 45.2 Å². The Bertz CT molecular complexity index is 414. The van der Waals surface area contributed by atoms with Crippen molar-refractivity contribution in [3.63, 3.8) is 0 Å². The average molecular weight is 260 g/mol. The molecule has 3 nitrogen and oxygen atoms in total. The van der Waals surface area contributed by atoms with Gasteiger partial charge >= 0.3 is 6.18 Å². The maximum atomic E-state index is 12.8. The highest BCUT2D eigenvalue weighted by Crippen LogP contribution is 2.33. The Labute approximate surface area is 103 Å². The van der Waals surface area contributed by atoms with Crippen LogP contribution in [0, 0.1) is 0 Å². The summed E-state index contributed by atoms with van der Waals surface area (Å²) in [6.45, 7) is 1.25. The van der Waals surface area contributed by atoms with Crippen LogP contribution in [0.15, 0.2) is 18.3 Å². The summed E-state index contributed by atoms with van der Waals surface area (Å²) in [6, 6.07) is 2.85. The zero-order valence-electron chi connectivity index (χ0n) is 9.80. The molecular weight excluding hydrogens is 245 g/mol. The van der Waals surface area contributed by atoms with Gasteiger partial charge in [-0.2, -0.15) is 13.2 Å². The normalized spacial score (nSPS) is 19.8. The van der Waals surface area contributed by atoms with Crippen LogP contribution >= 0.6 is 0 Å². The van der Waals surface area contributed by atoms with E-state index in [-0.39, 0.29) is 12.0 Å². The molecule has 1 fully saturated rings. The van der Waals surface area contributed by atoms with E-state index in [2.05, 4.69) is 10.3 Å². The van der Waals surface area contributed by atoms with Crippen molar-refractivity contribution in [2.45, 2.75) is 31.0 Å². The third kappa shape index (κ3) is 3.00. The fourth-order valence-electron chi connectivity index (χ4n) is 2.26. The van der Waals surface area contributed by atoms with Gasteiger partial charge in [0.1, 0.15) is 5.69 Å². The van der Waals surface area contributed by atoms with Crippen molar-refractivity contribution >= 4 is 0 Å². The molecule has 2 heterocycles. The molecule has 2 N–H and O–H groups in total. The van der Waals surface area contributed by atoms with Crippen molar-refractivity contribution in [1.29, 1.82) is 0 Å². The van der Waals surface area contributed by atoms with Gasteiger partial charge < -0.3 is 10.4 Å². The molecule has 1 aromatic heterocycles. The lowest BCUT2D eigenvalue weighted by molar-refractivity contribution is -0.142. The maximum absolute atomic E-state index is 12.8. The second-order valence-electron chi connectivity index (χ2n) is 4.66. The van der Waals surface area contributed by atoms with Crippen LogP contribution in [-0.4, -0.2) is 28.8 Å². The summed E-state index contributed by atoms with van der Waals surface area (Å²) in [5.74, 6) is 0. The van der Waals surface area contributed by atoms with Crippen LogP contribution in [0.3, 0.4) is 0 Å². The first-order valence-electron chi connectivity index (χ1n) is 5.85. The Balaban J connectivity index is 2.23. The van der Waals surface area contributed by atoms with Gasteiger partial charge in [-0.1, -0.05) is 6.07 Å². The SMILES string of the molecule is OC1(Cc2cccnc2C(F)(F)F)CCNCC1. The number of hydrogen-bond donors (Lipinski definition) is 2. The lowest BCUT2D eigenvalue weighted by Crippen LogP contribution is -2.43. The summed E-state index contributed by atoms with van der Waals surface area (Å²) in [5.41, 5.74) is -1.89. The first kappa shape index (κ1) is 13.3. The zero-order valence-corrected chi connectivity index (χ0v) is 9.80. The Morgan fingerprint density at radius 1 is 1.33 bits per heavy atom. The van der Waals surface area contributed by atoms with Crippen LogP contribution in [0.5, 0.6) is 0 Å². The molecule has 0 amide bonds. The molecule has 0 radical (unpaired) electrons. The van der Waals surface area contributed by atoms with Crippen LogP contribution in [0.1, 0.15) is 24.1 Å². The number of halogens is 3. The fraction of sp³-hybridized carbons (Fsp3) is 0.583. The van der Waals surface area contributed by atoms with E-state index >= 15 is 0 Å². The number of aromatic nitrogens is 1. The van der Waals surface area contributed by atoms with Gasteiger partial charge in [0.15, 0.2) is 0 Å². The monoisotopic (exact) mass is 260 g/mol. The number of hydrogen-bond acceptors (Lipinski definition) is 3. The molecule has 100 valence electrons. The lowest BCUT2D eigenvalue weighted by Gasteiger charge is -2.33. The van der Waals surface area contributed by atoms with Crippen molar-refractivity contribution in [3.8, 4) is 0 Å². The summed E-state index contributed by atoms with van der Waals surface area (Å²) in [7, 11) is 0. The molecule has 1 aliphatic rings. The minimum absolute atomic E-state index is 0.00262. The molecule has 0 bridgehead atoms. The standard InChI is InChI=1S/C12H15F3N2O/c13-12(14,15)10-9(2-1-5-17-10)8-11(18)3-6-16-7-4-11/h1-2,5,16,18H,3-4,6-8H2. The first-order chi connectivity index (χ1) is 8.41. The van der Waals surface area contributed by atoms with E-state index in [1.54, 1.807) is 0 Å². The largest absolute Gasteiger partial charge is 0.433 e. The zero-order chi connectivity index (χ0) is 13.2. The maximum Gasteiger partial charge on any atom is 0.433 e.